The SMILES string of the molecule is CC(C)C(NC(=O)C1CCCN2C(=O)CCC(NC(=O)NC3CCCCC3)C(=O)N12)C(=O)CSc1nc2ccccc2s1. The van der Waals surface area contributed by atoms with Crippen molar-refractivity contribution in [2.75, 3.05) is 12.3 Å². The Morgan fingerprint density at radius 3 is 2.53 bits per heavy atom. The predicted octanol–water partition coefficient (Wildman–Crippen LogP) is 3.63. The number of fused-ring (bicyclic) bond motifs is 2. The minimum atomic E-state index is -0.958. The van der Waals surface area contributed by atoms with E-state index >= 15 is 0 Å². The van der Waals surface area contributed by atoms with Gasteiger partial charge >= 0.3 is 6.03 Å². The van der Waals surface area contributed by atoms with Gasteiger partial charge in [0.05, 0.1) is 22.0 Å². The standard InChI is InChI=1S/C30H40N6O5S2/c1-18(2)26(23(37)17-42-30-33-20-11-6-7-13-24(20)43-30)34-27(39)22-12-8-16-35-25(38)15-14-21(28(40)36(22)35)32-29(41)31-19-9-4-3-5-10-19/h6-7,11,13,18-19,21-22,26H,3-5,8-10,12,14-17H2,1-2H3,(H,34,39)(H2,31,32,41). The summed E-state index contributed by atoms with van der Waals surface area (Å²) in [6, 6.07) is 4.77. The topological polar surface area (TPSA) is 141 Å². The summed E-state index contributed by atoms with van der Waals surface area (Å²) in [7, 11) is 0. The van der Waals surface area contributed by atoms with Crippen molar-refractivity contribution < 1.29 is 24.0 Å². The number of nitrogens with one attached hydrogen (secondary N) is 3. The summed E-state index contributed by atoms with van der Waals surface area (Å²) in [5.74, 6) is -1.41. The van der Waals surface area contributed by atoms with Crippen molar-refractivity contribution in [2.24, 2.45) is 5.92 Å². The number of ketones is 1. The number of hydrogen-bond donors (Lipinski definition) is 3. The van der Waals surface area contributed by atoms with Crippen LogP contribution in [0.1, 0.15) is 71.6 Å². The molecule has 1 saturated carbocycles. The largest absolute Gasteiger partial charge is 0.344 e. The third kappa shape index (κ3) is 7.49. The maximum atomic E-state index is 13.8. The first-order valence-corrected chi connectivity index (χ1v) is 17.0. The Bertz CT molecular complexity index is 1330. The zero-order valence-corrected chi connectivity index (χ0v) is 26.3. The fourth-order valence-corrected chi connectivity index (χ4v) is 8.03. The van der Waals surface area contributed by atoms with Crippen molar-refractivity contribution in [2.45, 2.75) is 100 Å². The van der Waals surface area contributed by atoms with Crippen molar-refractivity contribution in [3.8, 4) is 0 Å². The highest BCUT2D eigenvalue weighted by molar-refractivity contribution is 8.01. The van der Waals surface area contributed by atoms with Gasteiger partial charge in [-0.2, -0.15) is 0 Å². The summed E-state index contributed by atoms with van der Waals surface area (Å²) < 4.78 is 1.83. The number of amides is 5. The number of Topliss-reactive ketones (excluding diaryl/α,β-unsaturated/α-hetero) is 1. The summed E-state index contributed by atoms with van der Waals surface area (Å²) in [5, 5.41) is 11.2. The molecule has 13 heteroatoms. The number of benzene rings is 1. The van der Waals surface area contributed by atoms with Crippen LogP contribution in [0.2, 0.25) is 0 Å². The van der Waals surface area contributed by atoms with Crippen LogP contribution < -0.4 is 16.0 Å². The predicted molar refractivity (Wildman–Crippen MR) is 165 cm³/mol. The lowest BCUT2D eigenvalue weighted by Gasteiger charge is -2.43. The van der Waals surface area contributed by atoms with Gasteiger partial charge in [0.25, 0.3) is 5.91 Å². The number of urea groups is 1. The van der Waals surface area contributed by atoms with Crippen LogP contribution in [0.3, 0.4) is 0 Å². The average molecular weight is 629 g/mol. The molecule has 1 aromatic heterocycles. The number of nitrogens with zero attached hydrogens (tertiary/aromatic N) is 3. The molecule has 5 rings (SSSR count). The van der Waals surface area contributed by atoms with Crippen molar-refractivity contribution in [3.05, 3.63) is 24.3 Å². The molecule has 0 radical (unpaired) electrons. The highest BCUT2D eigenvalue weighted by Crippen LogP contribution is 2.30. The van der Waals surface area contributed by atoms with Crippen LogP contribution in [0, 0.1) is 5.92 Å². The van der Waals surface area contributed by atoms with Crippen molar-refractivity contribution >= 4 is 62.9 Å². The molecule has 3 fully saturated rings. The number of carbonyl (C=O) groups excluding carboxylic acids is 5. The lowest BCUT2D eigenvalue weighted by molar-refractivity contribution is -0.176. The Balaban J connectivity index is 1.24. The third-order valence-corrected chi connectivity index (χ3v) is 10.5. The van der Waals surface area contributed by atoms with Crippen molar-refractivity contribution in [1.82, 2.24) is 31.0 Å². The van der Waals surface area contributed by atoms with Gasteiger partial charge in [-0.05, 0) is 50.2 Å². The number of para-hydroxylation sites is 1. The number of aromatic nitrogens is 1. The molecule has 2 aliphatic heterocycles. The Morgan fingerprint density at radius 2 is 1.79 bits per heavy atom. The molecule has 43 heavy (non-hydrogen) atoms. The first-order valence-electron chi connectivity index (χ1n) is 15.2. The number of hydrazine groups is 1. The molecule has 1 aromatic carbocycles. The minimum absolute atomic E-state index is 0.0691. The van der Waals surface area contributed by atoms with Crippen molar-refractivity contribution in [3.63, 3.8) is 0 Å². The monoisotopic (exact) mass is 628 g/mol. The van der Waals surface area contributed by atoms with Gasteiger partial charge in [-0.3, -0.25) is 24.2 Å². The number of carbonyl (C=O) groups is 5. The molecule has 3 aliphatic rings. The van der Waals surface area contributed by atoms with Crippen molar-refractivity contribution in [1.29, 1.82) is 0 Å². The number of thiazole rings is 1. The summed E-state index contributed by atoms with van der Waals surface area (Å²) in [6.07, 6.45) is 6.22. The Labute approximate surface area is 259 Å². The molecule has 2 aromatic rings. The molecule has 3 heterocycles. The fraction of sp³-hybridized carbons (Fsp3) is 0.600. The van der Waals surface area contributed by atoms with Gasteiger partial charge in [0.2, 0.25) is 11.8 Å². The van der Waals surface area contributed by atoms with E-state index in [1.165, 1.54) is 33.1 Å². The van der Waals surface area contributed by atoms with E-state index in [4.69, 9.17) is 0 Å². The van der Waals surface area contributed by atoms with Crippen LogP contribution in [0.4, 0.5) is 4.79 Å². The van der Waals surface area contributed by atoms with E-state index in [1.54, 1.807) is 0 Å². The summed E-state index contributed by atoms with van der Waals surface area (Å²) in [6.45, 7) is 4.05. The van der Waals surface area contributed by atoms with E-state index in [-0.39, 0.29) is 42.2 Å². The fourth-order valence-electron chi connectivity index (χ4n) is 6.04. The van der Waals surface area contributed by atoms with E-state index in [2.05, 4.69) is 20.9 Å². The smallest absolute Gasteiger partial charge is 0.315 e. The first kappa shape index (κ1) is 31.2. The van der Waals surface area contributed by atoms with Crippen LogP contribution in [0.25, 0.3) is 10.2 Å². The molecule has 2 saturated heterocycles. The minimum Gasteiger partial charge on any atom is -0.344 e. The third-order valence-electron chi connectivity index (χ3n) is 8.33. The van der Waals surface area contributed by atoms with E-state index in [9.17, 15) is 24.0 Å². The lowest BCUT2D eigenvalue weighted by Crippen LogP contribution is -2.65. The number of rotatable bonds is 9. The van der Waals surface area contributed by atoms with E-state index in [0.29, 0.717) is 19.4 Å². The molecule has 11 nitrogen and oxygen atoms in total. The second-order valence-electron chi connectivity index (χ2n) is 11.8. The Kier molecular flexibility index (Phi) is 10.2. The number of thioether (sulfide) groups is 1. The lowest BCUT2D eigenvalue weighted by atomic mass is 9.96. The highest BCUT2D eigenvalue weighted by Gasteiger charge is 2.45. The molecule has 232 valence electrons. The zero-order valence-electron chi connectivity index (χ0n) is 24.7. The van der Waals surface area contributed by atoms with Gasteiger partial charge in [-0.15, -0.1) is 11.3 Å². The van der Waals surface area contributed by atoms with Crippen LogP contribution in [0.15, 0.2) is 28.6 Å². The molecule has 1 aliphatic carbocycles. The van der Waals surface area contributed by atoms with Gasteiger partial charge in [0, 0.05) is 19.0 Å². The average Bonchev–Trinajstić information content (AvgIpc) is 3.38. The van der Waals surface area contributed by atoms with Crippen LogP contribution >= 0.6 is 23.1 Å². The van der Waals surface area contributed by atoms with E-state index < -0.39 is 36.0 Å². The zero-order chi connectivity index (χ0) is 30.5. The molecule has 5 amide bonds. The van der Waals surface area contributed by atoms with E-state index in [0.717, 1.165) is 46.7 Å². The summed E-state index contributed by atoms with van der Waals surface area (Å²) in [5.41, 5.74) is 0.883. The van der Waals surface area contributed by atoms with Gasteiger partial charge < -0.3 is 16.0 Å². The summed E-state index contributed by atoms with van der Waals surface area (Å²) in [4.78, 5) is 71.2. The maximum absolute atomic E-state index is 13.8. The molecular formula is C30H40N6O5S2. The number of hydrogen-bond acceptors (Lipinski definition) is 8. The Morgan fingerprint density at radius 1 is 1.02 bits per heavy atom. The molecule has 3 atom stereocenters. The first-order chi connectivity index (χ1) is 20.7. The maximum Gasteiger partial charge on any atom is 0.315 e. The Hall–Kier alpha value is -3.19. The van der Waals surface area contributed by atoms with Crippen LogP contribution in [-0.4, -0.2) is 81.0 Å². The summed E-state index contributed by atoms with van der Waals surface area (Å²) >= 11 is 2.87. The second-order valence-corrected chi connectivity index (χ2v) is 14.1. The molecule has 3 unspecified atom stereocenters. The molecule has 3 N–H and O–H groups in total. The van der Waals surface area contributed by atoms with Gasteiger partial charge in [0.15, 0.2) is 10.1 Å². The molecule has 0 bridgehead atoms. The normalized spacial score (nSPS) is 22.2. The van der Waals surface area contributed by atoms with Gasteiger partial charge in [-0.1, -0.05) is 57.0 Å². The van der Waals surface area contributed by atoms with Crippen LogP contribution in [-0.2, 0) is 19.2 Å². The quantitative estimate of drug-likeness (QED) is 0.360. The van der Waals surface area contributed by atoms with Crippen LogP contribution in [0.5, 0.6) is 0 Å². The highest BCUT2D eigenvalue weighted by atomic mass is 32.2. The molecular weight excluding hydrogens is 589 g/mol. The molecule has 0 spiro atoms. The second kappa shape index (κ2) is 14.1. The van der Waals surface area contributed by atoms with Gasteiger partial charge in [-0.25, -0.2) is 14.8 Å². The van der Waals surface area contributed by atoms with Gasteiger partial charge in [0.1, 0.15) is 12.1 Å². The van der Waals surface area contributed by atoms with E-state index in [1.807, 2.05) is 38.1 Å².